The number of anilines is 1. The molecule has 0 saturated carbocycles. The number of carbonyl (C=O) groups is 1. The van der Waals surface area contributed by atoms with E-state index in [0.29, 0.717) is 27.5 Å². The minimum atomic E-state index is -0.754. The average Bonchev–Trinajstić information content (AvgIpc) is 2.58. The number of halogens is 1. The molecule has 3 N–H and O–H groups in total. The second-order valence-electron chi connectivity index (χ2n) is 5.37. The second-order valence-corrected chi connectivity index (χ2v) is 5.81. The number of hydrogen-bond acceptors (Lipinski definition) is 4. The van der Waals surface area contributed by atoms with E-state index in [9.17, 15) is 14.4 Å². The van der Waals surface area contributed by atoms with Crippen LogP contribution in [0.4, 0.5) is 5.69 Å². The first-order valence-electron chi connectivity index (χ1n) is 7.42. The minimum absolute atomic E-state index is 0.360. The number of aromatic amines is 2. The third kappa shape index (κ3) is 3.89. The molecule has 1 amide bonds. The number of hydrogen-bond donors (Lipinski definition) is 3. The van der Waals surface area contributed by atoms with Crippen molar-refractivity contribution in [1.29, 1.82) is 0 Å². The molecule has 0 unspecified atom stereocenters. The Morgan fingerprint density at radius 1 is 1.04 bits per heavy atom. The molecule has 3 aromatic rings. The summed E-state index contributed by atoms with van der Waals surface area (Å²) in [5.74, 6) is 0.161. The highest BCUT2D eigenvalue weighted by atomic mass is 35.5. The summed E-state index contributed by atoms with van der Waals surface area (Å²) in [7, 11) is 0. The van der Waals surface area contributed by atoms with Crippen molar-refractivity contribution in [1.82, 2.24) is 9.97 Å². The number of amides is 1. The van der Waals surface area contributed by atoms with Gasteiger partial charge in [-0.05, 0) is 49.4 Å². The molecule has 1 atom stereocenters. The number of H-pyrrole nitrogens is 2. The molecule has 1 heterocycles. The van der Waals surface area contributed by atoms with Crippen LogP contribution in [-0.2, 0) is 4.79 Å². The van der Waals surface area contributed by atoms with E-state index in [1.165, 1.54) is 0 Å². The Labute approximate surface area is 146 Å². The van der Waals surface area contributed by atoms with E-state index in [4.69, 9.17) is 16.3 Å². The number of carbonyl (C=O) groups excluding carboxylic acids is 1. The first-order valence-corrected chi connectivity index (χ1v) is 7.79. The highest BCUT2D eigenvalue weighted by Crippen LogP contribution is 2.18. The Bertz CT molecular complexity index is 1040. The standard InChI is InChI=1S/C17H14ClN3O4/c1-9(25-12-5-2-10(18)3-6-12)15(22)19-11-4-7-13-14(8-11)21-17(24)16(23)20-13/h2-9H,1H3,(H,19,22)(H,20,23)(H,21,24)/t9-/m1/s1. The van der Waals surface area contributed by atoms with Crippen molar-refractivity contribution in [2.24, 2.45) is 0 Å². The van der Waals surface area contributed by atoms with Gasteiger partial charge in [0.2, 0.25) is 0 Å². The van der Waals surface area contributed by atoms with Gasteiger partial charge in [0.15, 0.2) is 6.10 Å². The molecule has 128 valence electrons. The maximum atomic E-state index is 12.2. The molecule has 25 heavy (non-hydrogen) atoms. The molecule has 7 nitrogen and oxygen atoms in total. The van der Waals surface area contributed by atoms with Gasteiger partial charge in [0.25, 0.3) is 5.91 Å². The number of aromatic nitrogens is 2. The van der Waals surface area contributed by atoms with Crippen LogP contribution in [0.1, 0.15) is 6.92 Å². The SMILES string of the molecule is C[C@@H](Oc1ccc(Cl)cc1)C(=O)Nc1ccc2[nH]c(=O)c(=O)[nH]c2c1. The van der Waals surface area contributed by atoms with Gasteiger partial charge < -0.3 is 20.0 Å². The molecule has 1 aromatic heterocycles. The molecule has 2 aromatic carbocycles. The van der Waals surface area contributed by atoms with E-state index >= 15 is 0 Å². The predicted octanol–water partition coefficient (Wildman–Crippen LogP) is 2.28. The van der Waals surface area contributed by atoms with Crippen molar-refractivity contribution >= 4 is 34.2 Å². The van der Waals surface area contributed by atoms with Gasteiger partial charge in [-0.2, -0.15) is 0 Å². The second kappa shape index (κ2) is 6.82. The zero-order valence-electron chi connectivity index (χ0n) is 13.1. The molecule has 0 aliphatic rings. The van der Waals surface area contributed by atoms with Gasteiger partial charge >= 0.3 is 11.1 Å². The van der Waals surface area contributed by atoms with Crippen LogP contribution in [0.25, 0.3) is 11.0 Å². The molecule has 0 spiro atoms. The molecule has 0 aliphatic carbocycles. The van der Waals surface area contributed by atoms with Crippen LogP contribution < -0.4 is 21.2 Å². The van der Waals surface area contributed by atoms with Gasteiger partial charge in [-0.1, -0.05) is 11.6 Å². The average molecular weight is 360 g/mol. The summed E-state index contributed by atoms with van der Waals surface area (Å²) in [6, 6.07) is 11.4. The van der Waals surface area contributed by atoms with Gasteiger partial charge in [-0.3, -0.25) is 14.4 Å². The van der Waals surface area contributed by atoms with Crippen molar-refractivity contribution in [2.75, 3.05) is 5.32 Å². The summed E-state index contributed by atoms with van der Waals surface area (Å²) >= 11 is 5.80. The fraction of sp³-hybridized carbons (Fsp3) is 0.118. The largest absolute Gasteiger partial charge is 0.481 e. The zero-order valence-corrected chi connectivity index (χ0v) is 13.9. The Kier molecular flexibility index (Phi) is 4.58. The van der Waals surface area contributed by atoms with Gasteiger partial charge in [0.1, 0.15) is 5.75 Å². The van der Waals surface area contributed by atoms with E-state index in [0.717, 1.165) is 0 Å². The van der Waals surface area contributed by atoms with Gasteiger partial charge in [0.05, 0.1) is 11.0 Å². The molecule has 8 heteroatoms. The van der Waals surface area contributed by atoms with Crippen LogP contribution in [0.5, 0.6) is 5.75 Å². The van der Waals surface area contributed by atoms with E-state index in [-0.39, 0.29) is 5.91 Å². The van der Waals surface area contributed by atoms with Crippen LogP contribution >= 0.6 is 11.6 Å². The Hall–Kier alpha value is -3.06. The first-order chi connectivity index (χ1) is 11.9. The Morgan fingerprint density at radius 3 is 2.36 bits per heavy atom. The van der Waals surface area contributed by atoms with Crippen molar-refractivity contribution in [2.45, 2.75) is 13.0 Å². The third-order valence-electron chi connectivity index (χ3n) is 3.49. The summed E-state index contributed by atoms with van der Waals surface area (Å²) in [5.41, 5.74) is -0.141. The summed E-state index contributed by atoms with van der Waals surface area (Å²) in [6.45, 7) is 1.62. The number of nitrogens with one attached hydrogen (secondary N) is 3. The summed E-state index contributed by atoms with van der Waals surface area (Å²) < 4.78 is 5.55. The van der Waals surface area contributed by atoms with Crippen LogP contribution in [0.2, 0.25) is 5.02 Å². The van der Waals surface area contributed by atoms with Crippen molar-refractivity contribution in [3.63, 3.8) is 0 Å². The molecular weight excluding hydrogens is 346 g/mol. The quantitative estimate of drug-likeness (QED) is 0.621. The van der Waals surface area contributed by atoms with Gasteiger partial charge in [-0.15, -0.1) is 0 Å². The molecule has 0 bridgehead atoms. The zero-order chi connectivity index (χ0) is 18.0. The van der Waals surface area contributed by atoms with E-state index < -0.39 is 17.2 Å². The smallest absolute Gasteiger partial charge is 0.314 e. The minimum Gasteiger partial charge on any atom is -0.481 e. The molecule has 0 saturated heterocycles. The fourth-order valence-corrected chi connectivity index (χ4v) is 2.33. The molecule has 0 fully saturated rings. The predicted molar refractivity (Wildman–Crippen MR) is 95.4 cm³/mol. The first kappa shape index (κ1) is 16.8. The maximum Gasteiger partial charge on any atom is 0.314 e. The van der Waals surface area contributed by atoms with Crippen molar-refractivity contribution in [3.05, 3.63) is 68.2 Å². The monoisotopic (exact) mass is 359 g/mol. The number of fused-ring (bicyclic) bond motifs is 1. The Balaban J connectivity index is 1.74. The number of rotatable bonds is 4. The fourth-order valence-electron chi connectivity index (χ4n) is 2.21. The van der Waals surface area contributed by atoms with E-state index in [1.807, 2.05) is 0 Å². The van der Waals surface area contributed by atoms with Crippen LogP contribution in [0, 0.1) is 0 Å². The van der Waals surface area contributed by atoms with E-state index in [2.05, 4.69) is 15.3 Å². The molecule has 0 radical (unpaired) electrons. The molecular formula is C17H14ClN3O4. The Morgan fingerprint density at radius 2 is 1.68 bits per heavy atom. The number of ether oxygens (including phenoxy) is 1. The lowest BCUT2D eigenvalue weighted by molar-refractivity contribution is -0.122. The highest BCUT2D eigenvalue weighted by molar-refractivity contribution is 6.30. The molecule has 0 aliphatic heterocycles. The lowest BCUT2D eigenvalue weighted by Gasteiger charge is -2.15. The lowest BCUT2D eigenvalue weighted by atomic mass is 10.2. The summed E-state index contributed by atoms with van der Waals surface area (Å²) in [4.78, 5) is 39.8. The van der Waals surface area contributed by atoms with E-state index in [1.54, 1.807) is 49.4 Å². The van der Waals surface area contributed by atoms with Crippen LogP contribution in [0.15, 0.2) is 52.1 Å². The topological polar surface area (TPSA) is 104 Å². The third-order valence-corrected chi connectivity index (χ3v) is 3.74. The maximum absolute atomic E-state index is 12.2. The molecule has 3 rings (SSSR count). The highest BCUT2D eigenvalue weighted by Gasteiger charge is 2.15. The van der Waals surface area contributed by atoms with Gasteiger partial charge in [-0.25, -0.2) is 0 Å². The summed E-state index contributed by atoms with van der Waals surface area (Å²) in [6.07, 6.45) is -0.744. The van der Waals surface area contributed by atoms with Gasteiger partial charge in [0, 0.05) is 10.7 Å². The van der Waals surface area contributed by atoms with Crippen LogP contribution in [0.3, 0.4) is 0 Å². The lowest BCUT2D eigenvalue weighted by Crippen LogP contribution is -2.30. The van der Waals surface area contributed by atoms with Crippen molar-refractivity contribution < 1.29 is 9.53 Å². The number of benzene rings is 2. The van der Waals surface area contributed by atoms with Crippen molar-refractivity contribution in [3.8, 4) is 5.75 Å². The normalized spacial score (nSPS) is 11.9. The van der Waals surface area contributed by atoms with Crippen LogP contribution in [-0.4, -0.2) is 22.0 Å². The summed E-state index contributed by atoms with van der Waals surface area (Å²) in [5, 5.41) is 3.27.